The number of benzene rings is 1. The Hall–Kier alpha value is -4.12. The maximum atomic E-state index is 12.4. The molecule has 194 valence electrons. The molecule has 0 aliphatic carbocycles. The molecule has 3 heterocycles. The molecule has 37 heavy (non-hydrogen) atoms. The number of nitrogens with zero attached hydrogens (tertiary/aromatic N) is 4. The summed E-state index contributed by atoms with van der Waals surface area (Å²) in [5.74, 6) is 0.956. The van der Waals surface area contributed by atoms with Gasteiger partial charge in [-0.25, -0.2) is 14.8 Å². The molecule has 8 nitrogen and oxygen atoms in total. The monoisotopic (exact) mass is 511 g/mol. The summed E-state index contributed by atoms with van der Waals surface area (Å²) in [6.07, 6.45) is 5.88. The fourth-order valence-electron chi connectivity index (χ4n) is 3.94. The summed E-state index contributed by atoms with van der Waals surface area (Å²) in [6, 6.07) is 5.85. The summed E-state index contributed by atoms with van der Waals surface area (Å²) in [5, 5.41) is 4.22. The second kappa shape index (κ2) is 10.9. The van der Waals surface area contributed by atoms with Crippen LogP contribution in [0.15, 0.2) is 67.2 Å². The van der Waals surface area contributed by atoms with Crippen LogP contribution in [0.5, 0.6) is 0 Å². The van der Waals surface area contributed by atoms with E-state index in [-0.39, 0.29) is 0 Å². The second-order valence-electron chi connectivity index (χ2n) is 8.69. The molecule has 0 unspecified atom stereocenters. The van der Waals surface area contributed by atoms with Crippen LogP contribution in [0.4, 0.5) is 29.5 Å². The quantitative estimate of drug-likeness (QED) is 0.497. The van der Waals surface area contributed by atoms with Crippen LogP contribution in [0.2, 0.25) is 0 Å². The molecule has 0 saturated carbocycles. The smallest absolute Gasteiger partial charge is 0.383 e. The molecule has 2 aromatic rings. The molecule has 2 aliphatic heterocycles. The van der Waals surface area contributed by atoms with Gasteiger partial charge in [0.25, 0.3) is 0 Å². The number of carbonyl (C=O) groups is 1. The fourth-order valence-corrected chi connectivity index (χ4v) is 3.94. The van der Waals surface area contributed by atoms with Gasteiger partial charge in [0.1, 0.15) is 12.4 Å². The maximum absolute atomic E-state index is 12.4. The Kier molecular flexibility index (Phi) is 7.63. The van der Waals surface area contributed by atoms with Crippen molar-refractivity contribution < 1.29 is 18.0 Å². The number of amides is 2. The van der Waals surface area contributed by atoms with Crippen molar-refractivity contribution in [2.24, 2.45) is 0 Å². The summed E-state index contributed by atoms with van der Waals surface area (Å²) in [7, 11) is 0. The number of carbonyl (C=O) groups excluding carboxylic acids is 1. The van der Waals surface area contributed by atoms with E-state index in [4.69, 9.17) is 5.73 Å². The molecule has 4 rings (SSSR count). The van der Waals surface area contributed by atoms with Crippen molar-refractivity contribution in [3.05, 3.63) is 84.1 Å². The Morgan fingerprint density at radius 1 is 1.30 bits per heavy atom. The van der Waals surface area contributed by atoms with Crippen LogP contribution in [0.1, 0.15) is 30.3 Å². The number of aromatic nitrogens is 2. The van der Waals surface area contributed by atoms with Crippen molar-refractivity contribution in [3.63, 3.8) is 0 Å². The predicted octanol–water partition coefficient (Wildman–Crippen LogP) is 4.74. The number of hydrogen-bond donors (Lipinski definition) is 3. The molecule has 1 aromatic carbocycles. The van der Waals surface area contributed by atoms with Gasteiger partial charge in [-0.15, -0.1) is 0 Å². The van der Waals surface area contributed by atoms with Crippen LogP contribution < -0.4 is 16.4 Å². The van der Waals surface area contributed by atoms with E-state index in [9.17, 15) is 18.0 Å². The van der Waals surface area contributed by atoms with Crippen molar-refractivity contribution in [1.82, 2.24) is 25.1 Å². The van der Waals surface area contributed by atoms with E-state index in [0.29, 0.717) is 23.0 Å². The maximum Gasteiger partial charge on any atom is 0.405 e. The van der Waals surface area contributed by atoms with Crippen molar-refractivity contribution in [2.75, 3.05) is 30.7 Å². The Bertz CT molecular complexity index is 1280. The first-order chi connectivity index (χ1) is 17.6. The highest BCUT2D eigenvalue weighted by Gasteiger charge is 2.27. The highest BCUT2D eigenvalue weighted by atomic mass is 19.4. The van der Waals surface area contributed by atoms with E-state index >= 15 is 0 Å². The Morgan fingerprint density at radius 2 is 2.08 bits per heavy atom. The van der Waals surface area contributed by atoms with Gasteiger partial charge in [0.2, 0.25) is 0 Å². The SMILES string of the molecule is C=C1C=C(c2ncc(CN3CCC3)c(N)n2)C=CN1/C(=C\C)c1cccc(NC(=O)NCC(F)(F)F)c1. The van der Waals surface area contributed by atoms with Gasteiger partial charge < -0.3 is 21.3 Å². The minimum absolute atomic E-state index is 0.349. The van der Waals surface area contributed by atoms with Crippen LogP contribution in [-0.2, 0) is 6.54 Å². The standard InChI is InChI=1S/C26H28F3N7O/c1-3-22(18-6-4-7-21(13-18)33-25(37)32-16-26(27,28)29)36-11-8-19(12-17(36)2)24-31-14-20(23(30)34-24)15-35-9-5-10-35/h3-4,6-8,11-14H,2,5,9-10,15-16H2,1H3,(H2,30,31,34)(H2,32,33,37)/b22-3-. The van der Waals surface area contributed by atoms with Crippen LogP contribution in [-0.4, -0.2) is 51.6 Å². The molecular weight excluding hydrogens is 483 g/mol. The number of anilines is 2. The summed E-state index contributed by atoms with van der Waals surface area (Å²) in [4.78, 5) is 25.0. The molecular formula is C26H28F3N7O. The lowest BCUT2D eigenvalue weighted by molar-refractivity contribution is -0.122. The first-order valence-electron chi connectivity index (χ1n) is 11.7. The third-order valence-electron chi connectivity index (χ3n) is 5.93. The summed E-state index contributed by atoms with van der Waals surface area (Å²) < 4.78 is 37.1. The molecule has 0 spiro atoms. The van der Waals surface area contributed by atoms with Crippen LogP contribution in [0.25, 0.3) is 11.3 Å². The molecule has 0 bridgehead atoms. The number of nitrogen functional groups attached to an aromatic ring is 1. The van der Waals surface area contributed by atoms with E-state index in [1.165, 1.54) is 6.42 Å². The van der Waals surface area contributed by atoms with E-state index < -0.39 is 18.8 Å². The number of hydrogen-bond acceptors (Lipinski definition) is 6. The normalized spacial score (nSPS) is 16.3. The van der Waals surface area contributed by atoms with E-state index in [1.54, 1.807) is 29.7 Å². The minimum Gasteiger partial charge on any atom is -0.383 e. The number of urea groups is 1. The van der Waals surface area contributed by atoms with Crippen LogP contribution in [0.3, 0.4) is 0 Å². The van der Waals surface area contributed by atoms with Crippen molar-refractivity contribution in [3.8, 4) is 0 Å². The zero-order chi connectivity index (χ0) is 26.6. The van der Waals surface area contributed by atoms with E-state index in [2.05, 4.69) is 26.8 Å². The molecule has 1 saturated heterocycles. The number of rotatable bonds is 7. The Morgan fingerprint density at radius 3 is 2.70 bits per heavy atom. The molecule has 2 aliphatic rings. The number of allylic oxidation sites excluding steroid dienone is 4. The highest BCUT2D eigenvalue weighted by molar-refractivity contribution is 5.90. The predicted molar refractivity (Wildman–Crippen MR) is 138 cm³/mol. The Labute approximate surface area is 213 Å². The molecule has 0 radical (unpaired) electrons. The van der Waals surface area contributed by atoms with Gasteiger partial charge in [0.05, 0.1) is 0 Å². The summed E-state index contributed by atoms with van der Waals surface area (Å²) in [5.41, 5.74) is 10.4. The second-order valence-corrected chi connectivity index (χ2v) is 8.69. The van der Waals surface area contributed by atoms with Crippen LogP contribution >= 0.6 is 0 Å². The number of nitrogens with one attached hydrogen (secondary N) is 2. The summed E-state index contributed by atoms with van der Waals surface area (Å²) in [6.45, 7) is 7.45. The van der Waals surface area contributed by atoms with E-state index in [1.807, 2.05) is 42.3 Å². The number of halogens is 3. The molecule has 4 N–H and O–H groups in total. The van der Waals surface area contributed by atoms with Gasteiger partial charge in [-0.1, -0.05) is 24.8 Å². The van der Waals surface area contributed by atoms with Gasteiger partial charge in [-0.3, -0.25) is 4.90 Å². The lowest BCUT2D eigenvalue weighted by Crippen LogP contribution is -2.36. The van der Waals surface area contributed by atoms with Crippen LogP contribution in [0, 0.1) is 0 Å². The summed E-state index contributed by atoms with van der Waals surface area (Å²) >= 11 is 0. The average molecular weight is 512 g/mol. The first-order valence-corrected chi connectivity index (χ1v) is 11.7. The topological polar surface area (TPSA) is 99.4 Å². The van der Waals surface area contributed by atoms with Gasteiger partial charge in [0, 0.05) is 52.7 Å². The molecule has 0 atom stereocenters. The number of nitrogens with two attached hydrogens (primary N) is 1. The first kappa shape index (κ1) is 26.0. The lowest BCUT2D eigenvalue weighted by Gasteiger charge is -2.30. The van der Waals surface area contributed by atoms with Crippen molar-refractivity contribution in [2.45, 2.75) is 26.1 Å². The molecule has 2 amide bonds. The zero-order valence-electron chi connectivity index (χ0n) is 20.3. The van der Waals surface area contributed by atoms with E-state index in [0.717, 1.165) is 42.0 Å². The van der Waals surface area contributed by atoms with Gasteiger partial charge in [-0.05, 0) is 50.7 Å². The average Bonchev–Trinajstić information content (AvgIpc) is 2.82. The van der Waals surface area contributed by atoms with Crippen molar-refractivity contribution >= 4 is 28.8 Å². The largest absolute Gasteiger partial charge is 0.405 e. The number of likely N-dealkylation sites (tertiary alicyclic amines) is 1. The van der Waals surface area contributed by atoms with Crippen molar-refractivity contribution in [1.29, 1.82) is 0 Å². The number of alkyl halides is 3. The minimum atomic E-state index is -4.49. The Balaban J connectivity index is 1.45. The zero-order valence-corrected chi connectivity index (χ0v) is 20.3. The third-order valence-corrected chi connectivity index (χ3v) is 5.93. The molecule has 11 heteroatoms. The molecule has 1 aromatic heterocycles. The van der Waals surface area contributed by atoms with Gasteiger partial charge >= 0.3 is 12.2 Å². The van der Waals surface area contributed by atoms with Gasteiger partial charge in [-0.2, -0.15) is 13.2 Å². The lowest BCUT2D eigenvalue weighted by atomic mass is 10.1. The highest BCUT2D eigenvalue weighted by Crippen LogP contribution is 2.31. The van der Waals surface area contributed by atoms with Gasteiger partial charge in [0.15, 0.2) is 5.82 Å². The third kappa shape index (κ3) is 6.56. The molecule has 1 fully saturated rings. The fraction of sp³-hybridized carbons (Fsp3) is 0.269.